The zero-order valence-electron chi connectivity index (χ0n) is 20.2. The molecule has 2 atom stereocenters. The lowest BCUT2D eigenvalue weighted by molar-refractivity contribution is -0.132. The fourth-order valence-corrected chi connectivity index (χ4v) is 3.95. The van der Waals surface area contributed by atoms with Gasteiger partial charge in [-0.25, -0.2) is 5.43 Å². The predicted octanol–water partition coefficient (Wildman–Crippen LogP) is 5.69. The Hall–Kier alpha value is -3.26. The van der Waals surface area contributed by atoms with Crippen LogP contribution in [0.1, 0.15) is 25.0 Å². The number of carbonyl (C=O) groups is 2. The molecule has 0 bridgehead atoms. The van der Waals surface area contributed by atoms with E-state index in [1.165, 1.54) is 12.3 Å². The van der Waals surface area contributed by atoms with Crippen LogP contribution in [-0.4, -0.2) is 36.8 Å². The molecule has 0 fully saturated rings. The average Bonchev–Trinajstić information content (AvgIpc) is 2.87. The SMILES string of the molecule is CCOc1ccc(Cl)cc1/C=N\NC(=O)[C@H](Cc1ccccc1)NC(=O)[C@@H](C)Oc1ccc(Cl)cc1Cl. The molecule has 0 aromatic heterocycles. The largest absolute Gasteiger partial charge is 0.493 e. The molecule has 0 radical (unpaired) electrons. The predicted molar refractivity (Wildman–Crippen MR) is 147 cm³/mol. The Balaban J connectivity index is 1.72. The van der Waals surface area contributed by atoms with E-state index in [-0.39, 0.29) is 11.4 Å². The third kappa shape index (κ3) is 8.67. The number of hydrogen-bond acceptors (Lipinski definition) is 5. The zero-order chi connectivity index (χ0) is 26.8. The summed E-state index contributed by atoms with van der Waals surface area (Å²) in [5.74, 6) is -0.135. The molecule has 194 valence electrons. The molecule has 0 saturated carbocycles. The summed E-state index contributed by atoms with van der Waals surface area (Å²) in [7, 11) is 0. The third-order valence-electron chi connectivity index (χ3n) is 5.13. The molecule has 2 amide bonds. The highest BCUT2D eigenvalue weighted by Gasteiger charge is 2.25. The molecule has 10 heteroatoms. The first-order valence-corrected chi connectivity index (χ1v) is 12.6. The van der Waals surface area contributed by atoms with Gasteiger partial charge in [-0.15, -0.1) is 0 Å². The topological polar surface area (TPSA) is 89.0 Å². The number of carbonyl (C=O) groups excluding carboxylic acids is 2. The fraction of sp³-hybridized carbons (Fsp3) is 0.222. The monoisotopic (exact) mass is 561 g/mol. The van der Waals surface area contributed by atoms with Gasteiger partial charge in [-0.1, -0.05) is 65.1 Å². The van der Waals surface area contributed by atoms with Gasteiger partial charge in [0.15, 0.2) is 6.10 Å². The van der Waals surface area contributed by atoms with E-state index in [1.807, 2.05) is 37.3 Å². The molecule has 2 N–H and O–H groups in total. The van der Waals surface area contributed by atoms with E-state index in [0.29, 0.717) is 33.7 Å². The van der Waals surface area contributed by atoms with Crippen LogP contribution in [0, 0.1) is 0 Å². The van der Waals surface area contributed by atoms with Crippen LogP contribution in [0.15, 0.2) is 71.8 Å². The van der Waals surface area contributed by atoms with Crippen molar-refractivity contribution in [2.45, 2.75) is 32.4 Å². The van der Waals surface area contributed by atoms with Crippen LogP contribution in [-0.2, 0) is 16.0 Å². The number of nitrogens with one attached hydrogen (secondary N) is 2. The highest BCUT2D eigenvalue weighted by molar-refractivity contribution is 6.35. The van der Waals surface area contributed by atoms with Crippen LogP contribution in [0.4, 0.5) is 0 Å². The molecule has 0 unspecified atom stereocenters. The minimum absolute atomic E-state index is 0.240. The molecule has 3 rings (SSSR count). The van der Waals surface area contributed by atoms with Crippen molar-refractivity contribution < 1.29 is 19.1 Å². The van der Waals surface area contributed by atoms with E-state index in [2.05, 4.69) is 15.8 Å². The molecule has 0 saturated heterocycles. The molecular weight excluding hydrogens is 537 g/mol. The van der Waals surface area contributed by atoms with Crippen LogP contribution >= 0.6 is 34.8 Å². The summed E-state index contributed by atoms with van der Waals surface area (Å²) in [4.78, 5) is 26.0. The summed E-state index contributed by atoms with van der Waals surface area (Å²) in [6, 6.07) is 18.2. The van der Waals surface area contributed by atoms with Gasteiger partial charge in [0, 0.05) is 22.0 Å². The van der Waals surface area contributed by atoms with Crippen molar-refractivity contribution in [1.82, 2.24) is 10.7 Å². The summed E-state index contributed by atoms with van der Waals surface area (Å²) < 4.78 is 11.3. The molecule has 0 aliphatic rings. The lowest BCUT2D eigenvalue weighted by atomic mass is 10.1. The Bertz CT molecular complexity index is 1250. The standard InChI is InChI=1S/C27H26Cl3N3O4/c1-3-36-24-11-9-20(28)14-19(24)16-31-33-27(35)23(13-18-7-5-4-6-8-18)32-26(34)17(2)37-25-12-10-21(29)15-22(25)30/h4-12,14-17,23H,3,13H2,1-2H3,(H,32,34)(H,33,35)/b31-16-/t17-,23+/m1/s1. The third-order valence-corrected chi connectivity index (χ3v) is 5.90. The van der Waals surface area contributed by atoms with Crippen molar-refractivity contribution in [2.24, 2.45) is 5.10 Å². The van der Waals surface area contributed by atoms with E-state index in [1.54, 1.807) is 37.3 Å². The normalized spacial score (nSPS) is 12.6. The number of hydrazone groups is 1. The molecule has 0 heterocycles. The Morgan fingerprint density at radius 1 is 0.946 bits per heavy atom. The van der Waals surface area contributed by atoms with E-state index in [0.717, 1.165) is 5.56 Å². The summed E-state index contributed by atoms with van der Waals surface area (Å²) in [6.07, 6.45) is 0.738. The van der Waals surface area contributed by atoms with Crippen molar-refractivity contribution in [3.63, 3.8) is 0 Å². The molecule has 3 aromatic carbocycles. The Morgan fingerprint density at radius 3 is 2.30 bits per heavy atom. The van der Waals surface area contributed by atoms with Gasteiger partial charge in [0.25, 0.3) is 11.8 Å². The first-order valence-electron chi connectivity index (χ1n) is 11.5. The van der Waals surface area contributed by atoms with Gasteiger partial charge in [-0.2, -0.15) is 5.10 Å². The number of rotatable bonds is 11. The second-order valence-electron chi connectivity index (χ2n) is 7.94. The van der Waals surface area contributed by atoms with E-state index >= 15 is 0 Å². The maximum Gasteiger partial charge on any atom is 0.262 e. The van der Waals surface area contributed by atoms with E-state index in [4.69, 9.17) is 44.3 Å². The second-order valence-corrected chi connectivity index (χ2v) is 9.22. The van der Waals surface area contributed by atoms with Gasteiger partial charge < -0.3 is 14.8 Å². The van der Waals surface area contributed by atoms with Gasteiger partial charge in [-0.3, -0.25) is 9.59 Å². The van der Waals surface area contributed by atoms with Gasteiger partial charge in [0.05, 0.1) is 17.8 Å². The minimum atomic E-state index is -0.937. The number of benzene rings is 3. The summed E-state index contributed by atoms with van der Waals surface area (Å²) >= 11 is 18.2. The first kappa shape index (κ1) is 28.3. The quantitative estimate of drug-likeness (QED) is 0.232. The van der Waals surface area contributed by atoms with Gasteiger partial charge in [0.2, 0.25) is 0 Å². The maximum atomic E-state index is 13.0. The van der Waals surface area contributed by atoms with Crippen LogP contribution in [0.2, 0.25) is 15.1 Å². The summed E-state index contributed by atoms with van der Waals surface area (Å²) in [5.41, 5.74) is 3.94. The molecule has 3 aromatic rings. The van der Waals surface area contributed by atoms with Crippen molar-refractivity contribution in [3.8, 4) is 11.5 Å². The van der Waals surface area contributed by atoms with Crippen molar-refractivity contribution in [1.29, 1.82) is 0 Å². The molecule has 7 nitrogen and oxygen atoms in total. The van der Waals surface area contributed by atoms with E-state index in [9.17, 15) is 9.59 Å². The number of nitrogens with zero attached hydrogens (tertiary/aromatic N) is 1. The summed E-state index contributed by atoms with van der Waals surface area (Å²) in [5, 5.41) is 8.01. The minimum Gasteiger partial charge on any atom is -0.493 e. The van der Waals surface area contributed by atoms with Crippen molar-refractivity contribution in [3.05, 3.63) is 92.9 Å². The number of hydrogen-bond donors (Lipinski definition) is 2. The smallest absolute Gasteiger partial charge is 0.262 e. The van der Waals surface area contributed by atoms with Crippen LogP contribution in [0.25, 0.3) is 0 Å². The molecule has 0 spiro atoms. The molecule has 37 heavy (non-hydrogen) atoms. The molecule has 0 aliphatic carbocycles. The maximum absolute atomic E-state index is 13.0. The van der Waals surface area contributed by atoms with Gasteiger partial charge >= 0.3 is 0 Å². The van der Waals surface area contributed by atoms with Crippen LogP contribution in [0.5, 0.6) is 11.5 Å². The van der Waals surface area contributed by atoms with Crippen LogP contribution < -0.4 is 20.2 Å². The van der Waals surface area contributed by atoms with Gasteiger partial charge in [0.1, 0.15) is 17.5 Å². The number of halogens is 3. The van der Waals surface area contributed by atoms with Gasteiger partial charge in [-0.05, 0) is 55.8 Å². The second kappa shape index (κ2) is 13.9. The Kier molecular flexibility index (Phi) is 10.6. The molecule has 0 aliphatic heterocycles. The average molecular weight is 563 g/mol. The zero-order valence-corrected chi connectivity index (χ0v) is 22.5. The highest BCUT2D eigenvalue weighted by atomic mass is 35.5. The lowest BCUT2D eigenvalue weighted by Crippen LogP contribution is -2.50. The molecular formula is C27H26Cl3N3O4. The van der Waals surface area contributed by atoms with Crippen molar-refractivity contribution in [2.75, 3.05) is 6.61 Å². The highest BCUT2D eigenvalue weighted by Crippen LogP contribution is 2.28. The fourth-order valence-electron chi connectivity index (χ4n) is 3.31. The number of ether oxygens (including phenoxy) is 2. The van der Waals surface area contributed by atoms with Crippen LogP contribution in [0.3, 0.4) is 0 Å². The Morgan fingerprint density at radius 2 is 1.62 bits per heavy atom. The summed E-state index contributed by atoms with van der Waals surface area (Å²) in [6.45, 7) is 3.88. The van der Waals surface area contributed by atoms with E-state index < -0.39 is 24.0 Å². The lowest BCUT2D eigenvalue weighted by Gasteiger charge is -2.21. The first-order chi connectivity index (χ1) is 17.8. The van der Waals surface area contributed by atoms with Crippen molar-refractivity contribution >= 4 is 52.8 Å². The Labute approximate surface area is 230 Å². The number of amides is 2.